The SMILES string of the molecule is CCN1C(=O)/C(=C\c2ccc(OCC(=O)O)c(OC)c2)SC1=Nc1ccc(OC)cc1. The molecule has 1 aliphatic rings. The number of hydrogen-bond donors (Lipinski definition) is 1. The van der Waals surface area contributed by atoms with Gasteiger partial charge in [-0.2, -0.15) is 0 Å². The molecule has 31 heavy (non-hydrogen) atoms. The van der Waals surface area contributed by atoms with Gasteiger partial charge in [0, 0.05) is 6.54 Å². The number of aliphatic carboxylic acids is 1. The monoisotopic (exact) mass is 442 g/mol. The average Bonchev–Trinajstić information content (AvgIpc) is 3.06. The van der Waals surface area contributed by atoms with Crippen molar-refractivity contribution < 1.29 is 28.9 Å². The van der Waals surface area contributed by atoms with E-state index in [0.29, 0.717) is 28.1 Å². The van der Waals surface area contributed by atoms with E-state index in [1.54, 1.807) is 36.3 Å². The number of carbonyl (C=O) groups is 2. The van der Waals surface area contributed by atoms with Crippen LogP contribution < -0.4 is 14.2 Å². The number of nitrogens with zero attached hydrogens (tertiary/aromatic N) is 2. The molecule has 3 rings (SSSR count). The zero-order chi connectivity index (χ0) is 22.4. The lowest BCUT2D eigenvalue weighted by atomic mass is 10.2. The van der Waals surface area contributed by atoms with Crippen LogP contribution in [0.3, 0.4) is 0 Å². The molecule has 8 nitrogen and oxygen atoms in total. The van der Waals surface area contributed by atoms with Gasteiger partial charge >= 0.3 is 5.97 Å². The van der Waals surface area contributed by atoms with E-state index < -0.39 is 12.6 Å². The highest BCUT2D eigenvalue weighted by molar-refractivity contribution is 8.18. The number of amidine groups is 1. The molecular formula is C22H22N2O6S. The van der Waals surface area contributed by atoms with E-state index in [-0.39, 0.29) is 5.91 Å². The number of benzene rings is 2. The number of carbonyl (C=O) groups excluding carboxylic acids is 1. The van der Waals surface area contributed by atoms with Crippen LogP contribution in [0.15, 0.2) is 52.4 Å². The third-order valence-electron chi connectivity index (χ3n) is 4.34. The Hall–Kier alpha value is -3.46. The van der Waals surface area contributed by atoms with Crippen molar-refractivity contribution in [2.45, 2.75) is 6.92 Å². The highest BCUT2D eigenvalue weighted by Crippen LogP contribution is 2.36. The maximum atomic E-state index is 12.9. The van der Waals surface area contributed by atoms with Crippen molar-refractivity contribution >= 4 is 40.6 Å². The van der Waals surface area contributed by atoms with Gasteiger partial charge in [-0.1, -0.05) is 6.07 Å². The van der Waals surface area contributed by atoms with Crippen LogP contribution in [0.5, 0.6) is 17.2 Å². The highest BCUT2D eigenvalue weighted by Gasteiger charge is 2.32. The molecule has 1 aliphatic heterocycles. The van der Waals surface area contributed by atoms with E-state index in [2.05, 4.69) is 4.99 Å². The largest absolute Gasteiger partial charge is 0.497 e. The van der Waals surface area contributed by atoms with Crippen molar-refractivity contribution in [2.24, 2.45) is 4.99 Å². The lowest BCUT2D eigenvalue weighted by molar-refractivity contribution is -0.139. The predicted molar refractivity (Wildman–Crippen MR) is 119 cm³/mol. The number of likely N-dealkylation sites (N-methyl/N-ethyl adjacent to an activating group) is 1. The molecule has 1 saturated heterocycles. The number of methoxy groups -OCH3 is 2. The van der Waals surface area contributed by atoms with Crippen LogP contribution in [-0.2, 0) is 9.59 Å². The van der Waals surface area contributed by atoms with Gasteiger partial charge in [-0.3, -0.25) is 9.69 Å². The number of amides is 1. The highest BCUT2D eigenvalue weighted by atomic mass is 32.2. The van der Waals surface area contributed by atoms with Crippen LogP contribution in [-0.4, -0.2) is 54.4 Å². The van der Waals surface area contributed by atoms with E-state index in [0.717, 1.165) is 17.0 Å². The van der Waals surface area contributed by atoms with E-state index in [4.69, 9.17) is 19.3 Å². The van der Waals surface area contributed by atoms with Gasteiger partial charge in [0.2, 0.25) is 0 Å². The van der Waals surface area contributed by atoms with Crippen molar-refractivity contribution in [1.29, 1.82) is 0 Å². The number of hydrogen-bond acceptors (Lipinski definition) is 7. The minimum Gasteiger partial charge on any atom is -0.497 e. The van der Waals surface area contributed by atoms with Crippen molar-refractivity contribution in [1.82, 2.24) is 4.90 Å². The van der Waals surface area contributed by atoms with Gasteiger partial charge in [-0.25, -0.2) is 9.79 Å². The number of ether oxygens (including phenoxy) is 3. The molecule has 1 amide bonds. The molecule has 0 unspecified atom stereocenters. The zero-order valence-corrected chi connectivity index (χ0v) is 18.1. The summed E-state index contributed by atoms with van der Waals surface area (Å²) in [6.45, 7) is 1.91. The average molecular weight is 442 g/mol. The summed E-state index contributed by atoms with van der Waals surface area (Å²) in [7, 11) is 3.07. The summed E-state index contributed by atoms with van der Waals surface area (Å²) in [5.41, 5.74) is 1.44. The van der Waals surface area contributed by atoms with E-state index in [1.807, 2.05) is 31.2 Å². The molecular weight excluding hydrogens is 420 g/mol. The van der Waals surface area contributed by atoms with Crippen molar-refractivity contribution in [3.05, 3.63) is 52.9 Å². The topological polar surface area (TPSA) is 97.7 Å². The number of thioether (sulfide) groups is 1. The Balaban J connectivity index is 1.85. The Bertz CT molecular complexity index is 1030. The molecule has 2 aromatic rings. The molecule has 0 atom stereocenters. The summed E-state index contributed by atoms with van der Waals surface area (Å²) in [5, 5.41) is 9.37. The Morgan fingerprint density at radius 2 is 1.87 bits per heavy atom. The second-order valence-corrected chi connectivity index (χ2v) is 7.35. The second-order valence-electron chi connectivity index (χ2n) is 6.35. The lowest BCUT2D eigenvalue weighted by Crippen LogP contribution is -2.28. The fraction of sp³-hybridized carbons (Fsp3) is 0.227. The molecule has 162 valence electrons. The van der Waals surface area contributed by atoms with Gasteiger partial charge in [-0.15, -0.1) is 0 Å². The Labute approximate surface area is 184 Å². The van der Waals surface area contributed by atoms with E-state index >= 15 is 0 Å². The smallest absolute Gasteiger partial charge is 0.341 e. The minimum absolute atomic E-state index is 0.134. The standard InChI is InChI=1S/C22H22N2O6S/c1-4-24-21(27)19(31-22(24)23-15-6-8-16(28-2)9-7-15)12-14-5-10-17(18(11-14)29-3)30-13-20(25)26/h5-12H,4,13H2,1-3H3,(H,25,26)/b19-12+,23-22?. The van der Waals surface area contributed by atoms with Crippen LogP contribution >= 0.6 is 11.8 Å². The maximum Gasteiger partial charge on any atom is 0.341 e. The van der Waals surface area contributed by atoms with Crippen LogP contribution in [0, 0.1) is 0 Å². The first kappa shape index (κ1) is 22.2. The third-order valence-corrected chi connectivity index (χ3v) is 5.34. The summed E-state index contributed by atoms with van der Waals surface area (Å²) in [6.07, 6.45) is 1.75. The van der Waals surface area contributed by atoms with E-state index in [1.165, 1.54) is 18.9 Å². The third kappa shape index (κ3) is 5.37. The van der Waals surface area contributed by atoms with Crippen molar-refractivity contribution in [2.75, 3.05) is 27.4 Å². The first-order chi connectivity index (χ1) is 14.9. The van der Waals surface area contributed by atoms with Gasteiger partial charge in [0.05, 0.1) is 24.8 Å². The number of carboxylic acids is 1. The maximum absolute atomic E-state index is 12.9. The molecule has 0 aliphatic carbocycles. The van der Waals surface area contributed by atoms with Crippen molar-refractivity contribution in [3.63, 3.8) is 0 Å². The van der Waals surface area contributed by atoms with Gasteiger partial charge in [0.25, 0.3) is 5.91 Å². The molecule has 0 aromatic heterocycles. The van der Waals surface area contributed by atoms with Crippen LogP contribution in [0.2, 0.25) is 0 Å². The van der Waals surface area contributed by atoms with Crippen molar-refractivity contribution in [3.8, 4) is 17.2 Å². The lowest BCUT2D eigenvalue weighted by Gasteiger charge is -2.12. The fourth-order valence-corrected chi connectivity index (χ4v) is 3.88. The molecule has 9 heteroatoms. The Kier molecular flexibility index (Phi) is 7.19. The fourth-order valence-electron chi connectivity index (χ4n) is 2.82. The number of rotatable bonds is 8. The minimum atomic E-state index is -1.08. The summed E-state index contributed by atoms with van der Waals surface area (Å²) in [6, 6.07) is 12.3. The zero-order valence-electron chi connectivity index (χ0n) is 17.3. The van der Waals surface area contributed by atoms with Crippen LogP contribution in [0.1, 0.15) is 12.5 Å². The molecule has 2 aromatic carbocycles. The normalized spacial score (nSPS) is 16.1. The molecule has 1 fully saturated rings. The van der Waals surface area contributed by atoms with Gasteiger partial charge in [0.15, 0.2) is 23.3 Å². The molecule has 0 spiro atoms. The predicted octanol–water partition coefficient (Wildman–Crippen LogP) is 3.79. The first-order valence-corrected chi connectivity index (χ1v) is 10.2. The summed E-state index contributed by atoms with van der Waals surface area (Å²) in [5.74, 6) is 0.214. The molecule has 0 radical (unpaired) electrons. The van der Waals surface area contributed by atoms with Crippen LogP contribution in [0.4, 0.5) is 5.69 Å². The quantitative estimate of drug-likeness (QED) is 0.621. The summed E-state index contributed by atoms with van der Waals surface area (Å²) < 4.78 is 15.7. The van der Waals surface area contributed by atoms with Gasteiger partial charge in [0.1, 0.15) is 5.75 Å². The molecule has 0 saturated carbocycles. The molecule has 1 N–H and O–H groups in total. The molecule has 0 bridgehead atoms. The Morgan fingerprint density at radius 1 is 1.13 bits per heavy atom. The Morgan fingerprint density at radius 3 is 2.48 bits per heavy atom. The summed E-state index contributed by atoms with van der Waals surface area (Å²) in [4.78, 5) is 30.3. The summed E-state index contributed by atoms with van der Waals surface area (Å²) >= 11 is 1.29. The first-order valence-electron chi connectivity index (χ1n) is 9.42. The number of aliphatic imine (C=N–C) groups is 1. The number of carboxylic acid groups (broad SMARTS) is 1. The van der Waals surface area contributed by atoms with Gasteiger partial charge in [-0.05, 0) is 66.7 Å². The van der Waals surface area contributed by atoms with E-state index in [9.17, 15) is 9.59 Å². The van der Waals surface area contributed by atoms with Crippen LogP contribution in [0.25, 0.3) is 6.08 Å². The van der Waals surface area contributed by atoms with Gasteiger partial charge < -0.3 is 19.3 Å². The second kappa shape index (κ2) is 10.0. The molecule has 1 heterocycles.